The zero-order chi connectivity index (χ0) is 12.1. The third-order valence-corrected chi connectivity index (χ3v) is 2.58. The Hall–Kier alpha value is -1.75. The van der Waals surface area contributed by atoms with Gasteiger partial charge in [-0.3, -0.25) is 14.6 Å². The lowest BCUT2D eigenvalue weighted by atomic mass is 10.2. The fraction of sp³-hybridized carbons (Fsp3) is 0.417. The van der Waals surface area contributed by atoms with Crippen LogP contribution >= 0.6 is 0 Å². The SMILES string of the molecule is CC(Cn1cccn1)NC(C)c1cnccn1. The van der Waals surface area contributed by atoms with Crippen LogP contribution in [0.1, 0.15) is 25.6 Å². The lowest BCUT2D eigenvalue weighted by molar-refractivity contribution is 0.408. The molecule has 2 aromatic rings. The molecule has 0 amide bonds. The number of rotatable bonds is 5. The van der Waals surface area contributed by atoms with Crippen molar-refractivity contribution in [1.82, 2.24) is 25.1 Å². The Labute approximate surface area is 101 Å². The summed E-state index contributed by atoms with van der Waals surface area (Å²) in [5.41, 5.74) is 0.958. The number of hydrogen-bond acceptors (Lipinski definition) is 4. The van der Waals surface area contributed by atoms with Crippen molar-refractivity contribution in [1.29, 1.82) is 0 Å². The van der Waals surface area contributed by atoms with E-state index in [2.05, 4.69) is 34.2 Å². The first-order chi connectivity index (χ1) is 8.25. The summed E-state index contributed by atoms with van der Waals surface area (Å²) >= 11 is 0. The molecule has 2 aromatic heterocycles. The molecule has 0 saturated heterocycles. The zero-order valence-corrected chi connectivity index (χ0v) is 10.1. The van der Waals surface area contributed by atoms with Crippen molar-refractivity contribution in [3.05, 3.63) is 42.7 Å². The fourth-order valence-corrected chi connectivity index (χ4v) is 1.79. The smallest absolute Gasteiger partial charge is 0.0753 e. The van der Waals surface area contributed by atoms with Crippen LogP contribution in [0.15, 0.2) is 37.1 Å². The van der Waals surface area contributed by atoms with Crippen LogP contribution < -0.4 is 5.32 Å². The topological polar surface area (TPSA) is 55.6 Å². The summed E-state index contributed by atoms with van der Waals surface area (Å²) in [6.45, 7) is 5.07. The quantitative estimate of drug-likeness (QED) is 0.845. The van der Waals surface area contributed by atoms with E-state index in [0.29, 0.717) is 6.04 Å². The highest BCUT2D eigenvalue weighted by molar-refractivity contribution is 5.00. The van der Waals surface area contributed by atoms with Crippen molar-refractivity contribution < 1.29 is 0 Å². The lowest BCUT2D eigenvalue weighted by Crippen LogP contribution is -2.33. The summed E-state index contributed by atoms with van der Waals surface area (Å²) in [4.78, 5) is 8.35. The molecule has 2 rings (SSSR count). The molecule has 0 fully saturated rings. The van der Waals surface area contributed by atoms with E-state index in [1.165, 1.54) is 0 Å². The highest BCUT2D eigenvalue weighted by Crippen LogP contribution is 2.08. The average Bonchev–Trinajstić information content (AvgIpc) is 2.82. The van der Waals surface area contributed by atoms with Crippen molar-refractivity contribution in [2.24, 2.45) is 0 Å². The highest BCUT2D eigenvalue weighted by Gasteiger charge is 2.10. The van der Waals surface area contributed by atoms with Gasteiger partial charge in [0.25, 0.3) is 0 Å². The van der Waals surface area contributed by atoms with E-state index in [0.717, 1.165) is 12.2 Å². The molecule has 90 valence electrons. The van der Waals surface area contributed by atoms with Gasteiger partial charge in [-0.15, -0.1) is 0 Å². The van der Waals surface area contributed by atoms with E-state index >= 15 is 0 Å². The summed E-state index contributed by atoms with van der Waals surface area (Å²) < 4.78 is 1.92. The monoisotopic (exact) mass is 231 g/mol. The maximum atomic E-state index is 4.28. The largest absolute Gasteiger partial charge is 0.304 e. The number of hydrogen-bond donors (Lipinski definition) is 1. The van der Waals surface area contributed by atoms with E-state index in [9.17, 15) is 0 Å². The molecule has 0 aliphatic rings. The molecule has 0 spiro atoms. The van der Waals surface area contributed by atoms with Crippen LogP contribution in [-0.4, -0.2) is 25.8 Å². The van der Waals surface area contributed by atoms with Gasteiger partial charge in [0, 0.05) is 43.1 Å². The van der Waals surface area contributed by atoms with Crippen LogP contribution in [0.3, 0.4) is 0 Å². The summed E-state index contributed by atoms with van der Waals surface area (Å²) in [6, 6.07) is 2.44. The predicted molar refractivity (Wildman–Crippen MR) is 65.3 cm³/mol. The van der Waals surface area contributed by atoms with Crippen molar-refractivity contribution in [3.8, 4) is 0 Å². The van der Waals surface area contributed by atoms with Gasteiger partial charge in [-0.25, -0.2) is 0 Å². The van der Waals surface area contributed by atoms with Crippen molar-refractivity contribution in [2.45, 2.75) is 32.5 Å². The Bertz CT molecular complexity index is 425. The van der Waals surface area contributed by atoms with Gasteiger partial charge in [-0.2, -0.15) is 5.10 Å². The fourth-order valence-electron chi connectivity index (χ4n) is 1.79. The maximum absolute atomic E-state index is 4.28. The molecule has 5 heteroatoms. The first-order valence-corrected chi connectivity index (χ1v) is 5.75. The Morgan fingerprint density at radius 3 is 2.82 bits per heavy atom. The first kappa shape index (κ1) is 11.7. The van der Waals surface area contributed by atoms with Crippen LogP contribution in [0.4, 0.5) is 0 Å². The van der Waals surface area contributed by atoms with Crippen LogP contribution in [0.5, 0.6) is 0 Å². The molecule has 0 bridgehead atoms. The molecule has 0 aromatic carbocycles. The van der Waals surface area contributed by atoms with Gasteiger partial charge in [0.05, 0.1) is 12.2 Å². The first-order valence-electron chi connectivity index (χ1n) is 5.75. The normalized spacial score (nSPS) is 14.5. The average molecular weight is 231 g/mol. The standard InChI is InChI=1S/C12H17N5/c1-10(9-17-7-3-4-15-17)16-11(2)12-8-13-5-6-14-12/h3-8,10-11,16H,9H2,1-2H3. The second-order valence-corrected chi connectivity index (χ2v) is 4.15. The van der Waals surface area contributed by atoms with Crippen molar-refractivity contribution >= 4 is 0 Å². The summed E-state index contributed by atoms with van der Waals surface area (Å²) in [7, 11) is 0. The molecule has 0 aliphatic carbocycles. The van der Waals surface area contributed by atoms with Crippen LogP contribution in [-0.2, 0) is 6.54 Å². The van der Waals surface area contributed by atoms with Crippen LogP contribution in [0, 0.1) is 0 Å². The number of aromatic nitrogens is 4. The van der Waals surface area contributed by atoms with Gasteiger partial charge in [0.1, 0.15) is 0 Å². The second-order valence-electron chi connectivity index (χ2n) is 4.15. The van der Waals surface area contributed by atoms with Gasteiger partial charge in [-0.05, 0) is 19.9 Å². The third-order valence-electron chi connectivity index (χ3n) is 2.58. The number of nitrogens with zero attached hydrogens (tertiary/aromatic N) is 4. The van der Waals surface area contributed by atoms with E-state index in [-0.39, 0.29) is 6.04 Å². The Morgan fingerprint density at radius 1 is 1.29 bits per heavy atom. The van der Waals surface area contributed by atoms with Gasteiger partial charge in [-0.1, -0.05) is 0 Å². The maximum Gasteiger partial charge on any atom is 0.0753 e. The summed E-state index contributed by atoms with van der Waals surface area (Å²) in [5.74, 6) is 0. The van der Waals surface area contributed by atoms with E-state index in [1.807, 2.05) is 16.9 Å². The molecule has 2 atom stereocenters. The molecule has 1 N–H and O–H groups in total. The molecule has 17 heavy (non-hydrogen) atoms. The molecular weight excluding hydrogens is 214 g/mol. The third kappa shape index (κ3) is 3.35. The Morgan fingerprint density at radius 2 is 2.18 bits per heavy atom. The zero-order valence-electron chi connectivity index (χ0n) is 10.1. The van der Waals surface area contributed by atoms with Gasteiger partial charge < -0.3 is 5.32 Å². The van der Waals surface area contributed by atoms with Crippen molar-refractivity contribution in [2.75, 3.05) is 0 Å². The predicted octanol–water partition coefficient (Wildman–Crippen LogP) is 1.41. The molecule has 0 saturated carbocycles. The molecular formula is C12H17N5. The van der Waals surface area contributed by atoms with E-state index in [1.54, 1.807) is 24.8 Å². The minimum Gasteiger partial charge on any atom is -0.304 e. The highest BCUT2D eigenvalue weighted by atomic mass is 15.3. The van der Waals surface area contributed by atoms with Crippen molar-refractivity contribution in [3.63, 3.8) is 0 Å². The minimum absolute atomic E-state index is 0.189. The van der Waals surface area contributed by atoms with Gasteiger partial charge in [0.2, 0.25) is 0 Å². The Balaban J connectivity index is 1.88. The summed E-state index contributed by atoms with van der Waals surface area (Å²) in [6.07, 6.45) is 8.94. The summed E-state index contributed by atoms with van der Waals surface area (Å²) in [5, 5.41) is 7.66. The molecule has 2 heterocycles. The second kappa shape index (κ2) is 5.54. The number of nitrogens with one attached hydrogen (secondary N) is 1. The molecule has 0 radical (unpaired) electrons. The molecule has 2 unspecified atom stereocenters. The minimum atomic E-state index is 0.189. The molecule has 0 aliphatic heterocycles. The van der Waals surface area contributed by atoms with Crippen LogP contribution in [0.2, 0.25) is 0 Å². The van der Waals surface area contributed by atoms with Crippen LogP contribution in [0.25, 0.3) is 0 Å². The lowest BCUT2D eigenvalue weighted by Gasteiger charge is -2.19. The van der Waals surface area contributed by atoms with Gasteiger partial charge in [0.15, 0.2) is 0 Å². The van der Waals surface area contributed by atoms with E-state index in [4.69, 9.17) is 0 Å². The Kier molecular flexibility index (Phi) is 3.82. The van der Waals surface area contributed by atoms with Gasteiger partial charge >= 0.3 is 0 Å². The molecule has 5 nitrogen and oxygen atoms in total. The van der Waals surface area contributed by atoms with E-state index < -0.39 is 0 Å².